The summed E-state index contributed by atoms with van der Waals surface area (Å²) < 4.78 is 13.0. The number of carbonyl (C=O) groups excluding carboxylic acids is 1. The van der Waals surface area contributed by atoms with Gasteiger partial charge in [-0.15, -0.1) is 0 Å². The molecule has 0 radical (unpaired) electrons. The Hall–Kier alpha value is -3.25. The Morgan fingerprint density at radius 1 is 1.00 bits per heavy atom. The van der Waals surface area contributed by atoms with Gasteiger partial charge in [0.1, 0.15) is 5.82 Å². The molecule has 4 nitrogen and oxygen atoms in total. The van der Waals surface area contributed by atoms with Crippen molar-refractivity contribution in [1.82, 2.24) is 10.6 Å². The van der Waals surface area contributed by atoms with Crippen molar-refractivity contribution in [2.45, 2.75) is 19.5 Å². The molecule has 6 heteroatoms. The number of halogens is 1. The Morgan fingerprint density at radius 3 is 2.45 bits per heavy atom. The summed E-state index contributed by atoms with van der Waals surface area (Å²) in [5, 5.41) is 9.75. The van der Waals surface area contributed by atoms with Crippen LogP contribution in [0.5, 0.6) is 0 Å². The second-order valence-electron chi connectivity index (χ2n) is 6.62. The van der Waals surface area contributed by atoms with E-state index in [9.17, 15) is 9.18 Å². The van der Waals surface area contributed by atoms with Gasteiger partial charge in [-0.25, -0.2) is 4.39 Å². The van der Waals surface area contributed by atoms with E-state index in [0.29, 0.717) is 17.2 Å². The van der Waals surface area contributed by atoms with Crippen molar-refractivity contribution in [3.63, 3.8) is 0 Å². The van der Waals surface area contributed by atoms with E-state index < -0.39 is 0 Å². The number of nitrogens with one attached hydrogen (secondary N) is 3. The van der Waals surface area contributed by atoms with E-state index in [2.05, 4.69) is 16.0 Å². The van der Waals surface area contributed by atoms with E-state index in [1.165, 1.54) is 12.1 Å². The summed E-state index contributed by atoms with van der Waals surface area (Å²) in [4.78, 5) is 12.3. The lowest BCUT2D eigenvalue weighted by Gasteiger charge is -2.18. The molecule has 0 spiro atoms. The molecule has 1 unspecified atom stereocenters. The topological polar surface area (TPSA) is 53.2 Å². The highest BCUT2D eigenvalue weighted by Crippen LogP contribution is 2.18. The Labute approximate surface area is 175 Å². The van der Waals surface area contributed by atoms with E-state index in [1.807, 2.05) is 49.4 Å². The van der Waals surface area contributed by atoms with Crippen LogP contribution in [0, 0.1) is 5.82 Å². The number of carbonyl (C=O) groups is 1. The van der Waals surface area contributed by atoms with Crippen LogP contribution < -0.4 is 16.0 Å². The van der Waals surface area contributed by atoms with Gasteiger partial charge in [0.25, 0.3) is 5.91 Å². The summed E-state index contributed by atoms with van der Waals surface area (Å²) in [7, 11) is 0. The quantitative estimate of drug-likeness (QED) is 0.514. The van der Waals surface area contributed by atoms with Crippen molar-refractivity contribution in [3.8, 4) is 0 Å². The van der Waals surface area contributed by atoms with Gasteiger partial charge in [-0.05, 0) is 66.7 Å². The molecule has 3 N–H and O–H groups in total. The predicted octanol–water partition coefficient (Wildman–Crippen LogP) is 4.80. The SMILES string of the molecule is CC(NC(=S)NCc1ccc(F)cc1)c1cccc(NC(=O)c2ccccc2)c1. The third-order valence-electron chi connectivity index (χ3n) is 4.39. The van der Waals surface area contributed by atoms with Crippen molar-refractivity contribution >= 4 is 28.9 Å². The highest BCUT2D eigenvalue weighted by molar-refractivity contribution is 7.80. The van der Waals surface area contributed by atoms with E-state index in [-0.39, 0.29) is 17.8 Å². The molecule has 3 rings (SSSR count). The summed E-state index contributed by atoms with van der Waals surface area (Å²) in [6, 6.07) is 22.9. The lowest BCUT2D eigenvalue weighted by molar-refractivity contribution is 0.102. The molecule has 0 fully saturated rings. The van der Waals surface area contributed by atoms with Crippen LogP contribution in [0.25, 0.3) is 0 Å². The Morgan fingerprint density at radius 2 is 1.72 bits per heavy atom. The smallest absolute Gasteiger partial charge is 0.255 e. The van der Waals surface area contributed by atoms with Gasteiger partial charge in [0.2, 0.25) is 0 Å². The zero-order valence-corrected chi connectivity index (χ0v) is 16.8. The number of rotatable bonds is 6. The first kappa shape index (κ1) is 20.5. The van der Waals surface area contributed by atoms with Crippen LogP contribution in [0.2, 0.25) is 0 Å². The van der Waals surface area contributed by atoms with Gasteiger partial charge in [-0.3, -0.25) is 4.79 Å². The lowest BCUT2D eigenvalue weighted by Crippen LogP contribution is -2.36. The molecule has 3 aromatic rings. The Balaban J connectivity index is 1.55. The molecule has 3 aromatic carbocycles. The Kier molecular flexibility index (Phi) is 6.92. The highest BCUT2D eigenvalue weighted by atomic mass is 32.1. The van der Waals surface area contributed by atoms with Crippen LogP contribution in [0.15, 0.2) is 78.9 Å². The van der Waals surface area contributed by atoms with Crippen LogP contribution >= 0.6 is 12.2 Å². The Bertz CT molecular complexity index is 977. The zero-order chi connectivity index (χ0) is 20.6. The normalized spacial score (nSPS) is 11.4. The molecule has 29 heavy (non-hydrogen) atoms. The summed E-state index contributed by atoms with van der Waals surface area (Å²) in [6.45, 7) is 2.50. The number of benzene rings is 3. The predicted molar refractivity (Wildman–Crippen MR) is 118 cm³/mol. The maximum absolute atomic E-state index is 13.0. The molecule has 0 aliphatic heterocycles. The molecule has 148 valence electrons. The molecule has 0 aromatic heterocycles. The first-order valence-electron chi connectivity index (χ1n) is 9.26. The molecule has 0 saturated carbocycles. The number of anilines is 1. The fraction of sp³-hybridized carbons (Fsp3) is 0.130. The van der Waals surface area contributed by atoms with Crippen LogP contribution in [0.4, 0.5) is 10.1 Å². The van der Waals surface area contributed by atoms with E-state index in [4.69, 9.17) is 12.2 Å². The number of hydrogen-bond acceptors (Lipinski definition) is 2. The number of thiocarbonyl (C=S) groups is 1. The second-order valence-corrected chi connectivity index (χ2v) is 7.03. The maximum atomic E-state index is 13.0. The zero-order valence-electron chi connectivity index (χ0n) is 16.0. The van der Waals surface area contributed by atoms with Gasteiger partial charge < -0.3 is 16.0 Å². The summed E-state index contributed by atoms with van der Waals surface area (Å²) in [5.74, 6) is -0.415. The van der Waals surface area contributed by atoms with E-state index >= 15 is 0 Å². The van der Waals surface area contributed by atoms with E-state index in [1.54, 1.807) is 24.3 Å². The van der Waals surface area contributed by atoms with Gasteiger partial charge in [-0.2, -0.15) is 0 Å². The van der Waals surface area contributed by atoms with Crippen molar-refractivity contribution in [2.75, 3.05) is 5.32 Å². The summed E-state index contributed by atoms with van der Waals surface area (Å²) >= 11 is 5.36. The van der Waals surface area contributed by atoms with E-state index in [0.717, 1.165) is 16.8 Å². The second kappa shape index (κ2) is 9.80. The highest BCUT2D eigenvalue weighted by Gasteiger charge is 2.10. The van der Waals surface area contributed by atoms with Gasteiger partial charge in [0.15, 0.2) is 5.11 Å². The third-order valence-corrected chi connectivity index (χ3v) is 4.66. The fourth-order valence-electron chi connectivity index (χ4n) is 2.79. The molecule has 0 bridgehead atoms. The van der Waals surface area contributed by atoms with Crippen LogP contribution in [-0.4, -0.2) is 11.0 Å². The first-order valence-corrected chi connectivity index (χ1v) is 9.67. The molecule has 0 saturated heterocycles. The molecule has 1 amide bonds. The number of hydrogen-bond donors (Lipinski definition) is 3. The maximum Gasteiger partial charge on any atom is 0.255 e. The van der Waals surface area contributed by atoms with Gasteiger partial charge >= 0.3 is 0 Å². The monoisotopic (exact) mass is 407 g/mol. The largest absolute Gasteiger partial charge is 0.359 e. The van der Waals surface area contributed by atoms with Crippen molar-refractivity contribution < 1.29 is 9.18 Å². The van der Waals surface area contributed by atoms with Gasteiger partial charge in [-0.1, -0.05) is 42.5 Å². The average Bonchev–Trinajstić information content (AvgIpc) is 2.74. The van der Waals surface area contributed by atoms with Crippen LogP contribution in [0.3, 0.4) is 0 Å². The van der Waals surface area contributed by atoms with Crippen LogP contribution in [0.1, 0.15) is 34.5 Å². The van der Waals surface area contributed by atoms with Crippen molar-refractivity contribution in [1.29, 1.82) is 0 Å². The van der Waals surface area contributed by atoms with Gasteiger partial charge in [0.05, 0.1) is 6.04 Å². The summed E-state index contributed by atoms with van der Waals surface area (Å²) in [5.41, 5.74) is 3.25. The minimum Gasteiger partial charge on any atom is -0.359 e. The molecular formula is C23H22FN3OS. The molecule has 0 aliphatic rings. The fourth-order valence-corrected chi connectivity index (χ4v) is 3.04. The third kappa shape index (κ3) is 6.12. The molecule has 0 heterocycles. The lowest BCUT2D eigenvalue weighted by atomic mass is 10.1. The first-order chi connectivity index (χ1) is 14.0. The van der Waals surface area contributed by atoms with Crippen molar-refractivity contribution in [2.24, 2.45) is 0 Å². The summed E-state index contributed by atoms with van der Waals surface area (Å²) in [6.07, 6.45) is 0. The molecule has 0 aliphatic carbocycles. The van der Waals surface area contributed by atoms with Crippen molar-refractivity contribution in [3.05, 3.63) is 101 Å². The minimum atomic E-state index is -0.262. The molecular weight excluding hydrogens is 385 g/mol. The molecule has 1 atom stereocenters. The number of amides is 1. The van der Waals surface area contributed by atoms with Crippen LogP contribution in [-0.2, 0) is 6.54 Å². The minimum absolute atomic E-state index is 0.0585. The van der Waals surface area contributed by atoms with Gasteiger partial charge in [0, 0.05) is 17.8 Å². The standard InChI is InChI=1S/C23H22FN3OS/c1-16(26-23(29)25-15-17-10-12-20(24)13-11-17)19-8-5-9-21(14-19)27-22(28)18-6-3-2-4-7-18/h2-14,16H,15H2,1H3,(H,27,28)(H2,25,26,29). The average molecular weight is 408 g/mol.